The Hall–Kier alpha value is -4.04. The van der Waals surface area contributed by atoms with E-state index in [0.29, 0.717) is 29.2 Å². The van der Waals surface area contributed by atoms with Gasteiger partial charge in [0.15, 0.2) is 5.11 Å². The average Bonchev–Trinajstić information content (AvgIpc) is 3.03. The first kappa shape index (κ1) is 21.2. The molecule has 4 rings (SSSR count). The van der Waals surface area contributed by atoms with Gasteiger partial charge < -0.3 is 15.4 Å². The van der Waals surface area contributed by atoms with E-state index in [9.17, 15) is 14.4 Å². The maximum absolute atomic E-state index is 12.4. The van der Waals surface area contributed by atoms with Gasteiger partial charge in [-0.25, -0.2) is 0 Å². The van der Waals surface area contributed by atoms with Crippen LogP contribution in [-0.2, 0) is 11.4 Å². The lowest BCUT2D eigenvalue weighted by molar-refractivity contribution is -0.120. The maximum atomic E-state index is 12.4. The number of anilines is 1. The van der Waals surface area contributed by atoms with Crippen LogP contribution in [0.4, 0.5) is 5.69 Å². The van der Waals surface area contributed by atoms with Gasteiger partial charge in [0.1, 0.15) is 18.9 Å². The third-order valence-electron chi connectivity index (χ3n) is 4.77. The molecule has 160 valence electrons. The van der Waals surface area contributed by atoms with Crippen LogP contribution in [0, 0.1) is 0 Å². The van der Waals surface area contributed by atoms with E-state index in [1.54, 1.807) is 42.5 Å². The van der Waals surface area contributed by atoms with Crippen molar-refractivity contribution in [1.29, 1.82) is 0 Å². The van der Waals surface area contributed by atoms with Crippen LogP contribution >= 0.6 is 12.2 Å². The standard InChI is InChI=1S/C24H19N3O4S/c28-21(14-27-22(29)19-11-4-5-12-20(19)23(27)30)26-24(32)25-17-9-6-10-18(13-17)31-15-16-7-2-1-3-8-16/h1-13H,14-15H2,(H2,25,26,28,32). The molecule has 0 aliphatic carbocycles. The Bertz CT molecular complexity index is 1160. The van der Waals surface area contributed by atoms with E-state index in [0.717, 1.165) is 10.5 Å². The highest BCUT2D eigenvalue weighted by molar-refractivity contribution is 7.80. The normalized spacial score (nSPS) is 12.3. The van der Waals surface area contributed by atoms with Crippen molar-refractivity contribution in [2.24, 2.45) is 0 Å². The molecule has 3 aromatic rings. The Balaban J connectivity index is 1.31. The van der Waals surface area contributed by atoms with Crippen molar-refractivity contribution in [2.75, 3.05) is 11.9 Å². The molecule has 0 spiro atoms. The van der Waals surface area contributed by atoms with E-state index in [1.165, 1.54) is 0 Å². The lowest BCUT2D eigenvalue weighted by atomic mass is 10.1. The minimum Gasteiger partial charge on any atom is -0.489 e. The maximum Gasteiger partial charge on any atom is 0.262 e. The van der Waals surface area contributed by atoms with Crippen LogP contribution in [0.5, 0.6) is 5.75 Å². The van der Waals surface area contributed by atoms with Gasteiger partial charge in [-0.3, -0.25) is 19.3 Å². The topological polar surface area (TPSA) is 87.7 Å². The lowest BCUT2D eigenvalue weighted by Gasteiger charge is -2.15. The van der Waals surface area contributed by atoms with Gasteiger partial charge in [-0.1, -0.05) is 48.5 Å². The molecule has 0 bridgehead atoms. The summed E-state index contributed by atoms with van der Waals surface area (Å²) in [6, 6.07) is 23.4. The summed E-state index contributed by atoms with van der Waals surface area (Å²) < 4.78 is 5.79. The summed E-state index contributed by atoms with van der Waals surface area (Å²) in [7, 11) is 0. The Labute approximate surface area is 190 Å². The van der Waals surface area contributed by atoms with Gasteiger partial charge in [-0.15, -0.1) is 0 Å². The van der Waals surface area contributed by atoms with Gasteiger partial charge in [0.2, 0.25) is 5.91 Å². The zero-order valence-corrected chi connectivity index (χ0v) is 17.7. The molecule has 0 atom stereocenters. The molecule has 3 aromatic carbocycles. The molecule has 8 heteroatoms. The molecule has 0 aromatic heterocycles. The molecule has 0 unspecified atom stereocenters. The van der Waals surface area contributed by atoms with Crippen LogP contribution in [-0.4, -0.2) is 34.3 Å². The van der Waals surface area contributed by atoms with Crippen molar-refractivity contribution < 1.29 is 19.1 Å². The summed E-state index contributed by atoms with van der Waals surface area (Å²) in [6.45, 7) is 0.000148. The first-order valence-electron chi connectivity index (χ1n) is 9.84. The third-order valence-corrected chi connectivity index (χ3v) is 4.98. The molecular formula is C24H19N3O4S. The summed E-state index contributed by atoms with van der Waals surface area (Å²) >= 11 is 5.19. The second-order valence-electron chi connectivity index (χ2n) is 7.05. The number of carbonyl (C=O) groups excluding carboxylic acids is 3. The van der Waals surface area contributed by atoms with E-state index in [1.807, 2.05) is 36.4 Å². The summed E-state index contributed by atoms with van der Waals surface area (Å²) in [5, 5.41) is 5.45. The molecule has 0 radical (unpaired) electrons. The number of rotatable bonds is 6. The average molecular weight is 446 g/mol. The van der Waals surface area contributed by atoms with Crippen molar-refractivity contribution in [2.45, 2.75) is 6.61 Å². The molecular weight excluding hydrogens is 426 g/mol. The van der Waals surface area contributed by atoms with E-state index >= 15 is 0 Å². The molecule has 0 saturated heterocycles. The minimum atomic E-state index is -0.575. The van der Waals surface area contributed by atoms with Crippen LogP contribution in [0.3, 0.4) is 0 Å². The fourth-order valence-corrected chi connectivity index (χ4v) is 3.49. The summed E-state index contributed by atoms with van der Waals surface area (Å²) in [6.07, 6.45) is 0. The molecule has 1 aliphatic rings. The van der Waals surface area contributed by atoms with E-state index in [-0.39, 0.29) is 5.11 Å². The zero-order valence-electron chi connectivity index (χ0n) is 16.9. The summed E-state index contributed by atoms with van der Waals surface area (Å²) in [5.74, 6) is -0.932. The number of benzene rings is 3. The minimum absolute atomic E-state index is 0.0480. The smallest absolute Gasteiger partial charge is 0.262 e. The number of hydrogen-bond donors (Lipinski definition) is 2. The van der Waals surface area contributed by atoms with Crippen molar-refractivity contribution in [3.63, 3.8) is 0 Å². The molecule has 2 N–H and O–H groups in total. The number of nitrogens with zero attached hydrogens (tertiary/aromatic N) is 1. The van der Waals surface area contributed by atoms with Crippen LogP contribution < -0.4 is 15.4 Å². The van der Waals surface area contributed by atoms with Crippen molar-refractivity contribution >= 4 is 40.7 Å². The van der Waals surface area contributed by atoms with Gasteiger partial charge in [0.05, 0.1) is 11.1 Å². The highest BCUT2D eigenvalue weighted by atomic mass is 32.1. The largest absolute Gasteiger partial charge is 0.489 e. The first-order valence-corrected chi connectivity index (χ1v) is 10.2. The van der Waals surface area contributed by atoms with Crippen LogP contribution in [0.25, 0.3) is 0 Å². The van der Waals surface area contributed by atoms with Crippen LogP contribution in [0.1, 0.15) is 26.3 Å². The molecule has 0 fully saturated rings. The number of carbonyl (C=O) groups is 3. The fourth-order valence-electron chi connectivity index (χ4n) is 3.26. The molecule has 1 aliphatic heterocycles. The second-order valence-corrected chi connectivity index (χ2v) is 7.45. The van der Waals surface area contributed by atoms with Crippen LogP contribution in [0.15, 0.2) is 78.9 Å². The van der Waals surface area contributed by atoms with Gasteiger partial charge in [0.25, 0.3) is 11.8 Å². The van der Waals surface area contributed by atoms with Gasteiger partial charge in [0, 0.05) is 11.8 Å². The second kappa shape index (κ2) is 9.40. The molecule has 7 nitrogen and oxygen atoms in total. The number of ether oxygens (including phenoxy) is 1. The highest BCUT2D eigenvalue weighted by Crippen LogP contribution is 2.22. The van der Waals surface area contributed by atoms with Crippen molar-refractivity contribution in [3.05, 3.63) is 95.6 Å². The van der Waals surface area contributed by atoms with Gasteiger partial charge in [-0.2, -0.15) is 0 Å². The van der Waals surface area contributed by atoms with E-state index in [4.69, 9.17) is 17.0 Å². The van der Waals surface area contributed by atoms with Crippen LogP contribution in [0.2, 0.25) is 0 Å². The molecule has 32 heavy (non-hydrogen) atoms. The number of hydrogen-bond acceptors (Lipinski definition) is 5. The van der Waals surface area contributed by atoms with Crippen molar-refractivity contribution in [3.8, 4) is 5.75 Å². The summed E-state index contributed by atoms with van der Waals surface area (Å²) in [5.41, 5.74) is 2.25. The summed E-state index contributed by atoms with van der Waals surface area (Å²) in [4.78, 5) is 38.0. The number of thiocarbonyl (C=S) groups is 1. The number of imide groups is 1. The SMILES string of the molecule is O=C(CN1C(=O)c2ccccc2C1=O)NC(=S)Nc1cccc(OCc2ccccc2)c1. The molecule has 0 saturated carbocycles. The Morgan fingerprint density at radius 1 is 0.875 bits per heavy atom. The Morgan fingerprint density at radius 2 is 1.53 bits per heavy atom. The zero-order chi connectivity index (χ0) is 22.5. The van der Waals surface area contributed by atoms with Crippen molar-refractivity contribution in [1.82, 2.24) is 10.2 Å². The first-order chi connectivity index (χ1) is 15.5. The monoisotopic (exact) mass is 445 g/mol. The predicted molar refractivity (Wildman–Crippen MR) is 123 cm³/mol. The predicted octanol–water partition coefficient (Wildman–Crippen LogP) is 3.37. The molecule has 3 amide bonds. The number of amides is 3. The van der Waals surface area contributed by atoms with Gasteiger partial charge in [-0.05, 0) is 42.0 Å². The van der Waals surface area contributed by atoms with E-state index < -0.39 is 24.3 Å². The molecule has 1 heterocycles. The lowest BCUT2D eigenvalue weighted by Crippen LogP contribution is -2.43. The Morgan fingerprint density at radius 3 is 2.22 bits per heavy atom. The quantitative estimate of drug-likeness (QED) is 0.447. The fraction of sp³-hybridized carbons (Fsp3) is 0.0833. The van der Waals surface area contributed by atoms with Gasteiger partial charge >= 0.3 is 0 Å². The number of fused-ring (bicyclic) bond motifs is 1. The van der Waals surface area contributed by atoms with E-state index in [2.05, 4.69) is 10.6 Å². The number of nitrogens with one attached hydrogen (secondary N) is 2. The third kappa shape index (κ3) is 4.81. The highest BCUT2D eigenvalue weighted by Gasteiger charge is 2.36. The Kier molecular flexibility index (Phi) is 6.23.